The molecule has 5 heteroatoms. The molecule has 1 saturated heterocycles. The highest BCUT2D eigenvalue weighted by Crippen LogP contribution is 2.29. The molecule has 3 aromatic carbocycles. The van der Waals surface area contributed by atoms with Crippen molar-refractivity contribution in [3.05, 3.63) is 108 Å². The van der Waals surface area contributed by atoms with Gasteiger partial charge in [0.2, 0.25) is 0 Å². The first-order valence-corrected chi connectivity index (χ1v) is 10.9. The maximum atomic E-state index is 6.33. The van der Waals surface area contributed by atoms with Gasteiger partial charge in [0.15, 0.2) is 6.29 Å². The van der Waals surface area contributed by atoms with Crippen LogP contribution in [-0.2, 0) is 43.5 Å². The van der Waals surface area contributed by atoms with Crippen molar-refractivity contribution >= 4 is 0 Å². The number of benzene rings is 3. The third kappa shape index (κ3) is 6.25. The summed E-state index contributed by atoms with van der Waals surface area (Å²) in [6.07, 6.45) is -1.51. The number of hydrogen-bond donors (Lipinski definition) is 0. The maximum Gasteiger partial charge on any atom is 0.186 e. The van der Waals surface area contributed by atoms with Crippen molar-refractivity contribution in [1.29, 1.82) is 0 Å². The van der Waals surface area contributed by atoms with E-state index in [9.17, 15) is 0 Å². The Morgan fingerprint density at radius 2 is 1.09 bits per heavy atom. The molecule has 2 unspecified atom stereocenters. The Labute approximate surface area is 189 Å². The first kappa shape index (κ1) is 22.6. The average molecular weight is 435 g/mol. The van der Waals surface area contributed by atoms with E-state index < -0.39 is 6.29 Å². The molecule has 4 atom stereocenters. The lowest BCUT2D eigenvalue weighted by atomic mass is 10.1. The second-order valence-electron chi connectivity index (χ2n) is 7.80. The van der Waals surface area contributed by atoms with Gasteiger partial charge < -0.3 is 23.7 Å². The lowest BCUT2D eigenvalue weighted by molar-refractivity contribution is -0.170. The van der Waals surface area contributed by atoms with Crippen LogP contribution in [0, 0.1) is 0 Å². The van der Waals surface area contributed by atoms with Crippen LogP contribution in [0.5, 0.6) is 0 Å². The summed E-state index contributed by atoms with van der Waals surface area (Å²) in [6.45, 7) is 1.82. The van der Waals surface area contributed by atoms with E-state index in [1.807, 2.05) is 91.0 Å². The molecule has 1 aliphatic rings. The summed E-state index contributed by atoms with van der Waals surface area (Å²) in [5.74, 6) is 0. The predicted molar refractivity (Wildman–Crippen MR) is 122 cm³/mol. The fourth-order valence-electron chi connectivity index (χ4n) is 3.79. The van der Waals surface area contributed by atoms with Crippen molar-refractivity contribution in [1.82, 2.24) is 0 Å². The van der Waals surface area contributed by atoms with Gasteiger partial charge >= 0.3 is 0 Å². The van der Waals surface area contributed by atoms with Crippen molar-refractivity contribution in [2.45, 2.75) is 44.4 Å². The zero-order valence-corrected chi connectivity index (χ0v) is 18.3. The van der Waals surface area contributed by atoms with Crippen LogP contribution in [0.3, 0.4) is 0 Å². The molecule has 4 rings (SSSR count). The van der Waals surface area contributed by atoms with Gasteiger partial charge in [-0.1, -0.05) is 91.0 Å². The van der Waals surface area contributed by atoms with E-state index in [1.54, 1.807) is 7.11 Å². The van der Waals surface area contributed by atoms with Gasteiger partial charge in [-0.3, -0.25) is 0 Å². The largest absolute Gasteiger partial charge is 0.374 e. The summed E-state index contributed by atoms with van der Waals surface area (Å²) in [4.78, 5) is 0. The van der Waals surface area contributed by atoms with Crippen molar-refractivity contribution in [2.75, 3.05) is 13.7 Å². The fourth-order valence-corrected chi connectivity index (χ4v) is 3.79. The number of ether oxygens (including phenoxy) is 5. The van der Waals surface area contributed by atoms with Crippen LogP contribution in [0.2, 0.25) is 0 Å². The second kappa shape index (κ2) is 11.9. The minimum Gasteiger partial charge on any atom is -0.374 e. The molecule has 0 radical (unpaired) electrons. The molecule has 5 nitrogen and oxygen atoms in total. The lowest BCUT2D eigenvalue weighted by Gasteiger charge is -2.24. The summed E-state index contributed by atoms with van der Waals surface area (Å²) in [5, 5.41) is 0. The molecule has 0 amide bonds. The summed E-state index contributed by atoms with van der Waals surface area (Å²) >= 11 is 0. The smallest absolute Gasteiger partial charge is 0.186 e. The number of hydrogen-bond acceptors (Lipinski definition) is 5. The van der Waals surface area contributed by atoms with E-state index in [2.05, 4.69) is 0 Å². The van der Waals surface area contributed by atoms with Gasteiger partial charge in [0, 0.05) is 7.11 Å². The van der Waals surface area contributed by atoms with Gasteiger partial charge in [-0.25, -0.2) is 0 Å². The van der Waals surface area contributed by atoms with Crippen LogP contribution in [0.4, 0.5) is 0 Å². The van der Waals surface area contributed by atoms with E-state index in [-0.39, 0.29) is 18.3 Å². The standard InChI is InChI=1S/C27H30O5/c1-28-27-26(31-19-23-15-9-4-10-16-23)25(30-18-22-13-7-3-8-14-22)24(32-27)20-29-17-21-11-5-2-6-12-21/h2-16,24-27H,17-20H2,1H3/t24?,25-,26-,27?/m0/s1. The molecular weight excluding hydrogens is 404 g/mol. The van der Waals surface area contributed by atoms with Crippen molar-refractivity contribution in [3.8, 4) is 0 Å². The van der Waals surface area contributed by atoms with Crippen molar-refractivity contribution in [3.63, 3.8) is 0 Å². The molecule has 168 valence electrons. The molecule has 32 heavy (non-hydrogen) atoms. The van der Waals surface area contributed by atoms with Crippen molar-refractivity contribution in [2.24, 2.45) is 0 Å². The minimum absolute atomic E-state index is 0.298. The molecule has 3 aromatic rings. The highest BCUT2D eigenvalue weighted by molar-refractivity contribution is 5.15. The minimum atomic E-state index is -0.523. The molecule has 0 spiro atoms. The Hall–Kier alpha value is -2.54. The van der Waals surface area contributed by atoms with E-state index in [4.69, 9.17) is 23.7 Å². The first-order valence-electron chi connectivity index (χ1n) is 10.9. The summed E-state index contributed by atoms with van der Waals surface area (Å²) in [5.41, 5.74) is 3.31. The maximum absolute atomic E-state index is 6.33. The second-order valence-corrected chi connectivity index (χ2v) is 7.80. The van der Waals surface area contributed by atoms with Crippen LogP contribution in [0.1, 0.15) is 16.7 Å². The molecular formula is C27H30O5. The van der Waals surface area contributed by atoms with Crippen LogP contribution in [0.25, 0.3) is 0 Å². The van der Waals surface area contributed by atoms with E-state index >= 15 is 0 Å². The summed E-state index contributed by atoms with van der Waals surface area (Å²) in [7, 11) is 1.63. The Morgan fingerprint density at radius 1 is 0.625 bits per heavy atom. The topological polar surface area (TPSA) is 46.2 Å². The Balaban J connectivity index is 1.42. The molecule has 1 heterocycles. The normalized spacial score (nSPS) is 22.8. The zero-order chi connectivity index (χ0) is 22.0. The van der Waals surface area contributed by atoms with Gasteiger partial charge in [0.1, 0.15) is 18.3 Å². The number of rotatable bonds is 11. The molecule has 0 aromatic heterocycles. The Bertz CT molecular complexity index is 903. The van der Waals surface area contributed by atoms with E-state index in [0.717, 1.165) is 16.7 Å². The SMILES string of the molecule is COC1OC(COCc2ccccc2)[C@H](OCc2ccccc2)[C@@H]1OCc1ccccc1. The molecule has 0 aliphatic carbocycles. The van der Waals surface area contributed by atoms with Gasteiger partial charge in [-0.2, -0.15) is 0 Å². The quantitative estimate of drug-likeness (QED) is 0.436. The molecule has 1 fully saturated rings. The first-order chi connectivity index (χ1) is 15.8. The molecule has 1 aliphatic heterocycles. The van der Waals surface area contributed by atoms with E-state index in [0.29, 0.717) is 26.4 Å². The Kier molecular flexibility index (Phi) is 8.42. The highest BCUT2D eigenvalue weighted by atomic mass is 16.7. The average Bonchev–Trinajstić information content (AvgIpc) is 3.19. The molecule has 0 bridgehead atoms. The molecule has 0 N–H and O–H groups in total. The van der Waals surface area contributed by atoms with Gasteiger partial charge in [-0.15, -0.1) is 0 Å². The Morgan fingerprint density at radius 3 is 1.59 bits per heavy atom. The summed E-state index contributed by atoms with van der Waals surface area (Å²) in [6, 6.07) is 30.3. The van der Waals surface area contributed by atoms with Crippen LogP contribution in [0.15, 0.2) is 91.0 Å². The van der Waals surface area contributed by atoms with Gasteiger partial charge in [-0.05, 0) is 16.7 Å². The predicted octanol–water partition coefficient (Wildman–Crippen LogP) is 4.75. The monoisotopic (exact) mass is 434 g/mol. The van der Waals surface area contributed by atoms with Gasteiger partial charge in [0.25, 0.3) is 0 Å². The number of methoxy groups -OCH3 is 1. The van der Waals surface area contributed by atoms with Crippen molar-refractivity contribution < 1.29 is 23.7 Å². The van der Waals surface area contributed by atoms with Crippen LogP contribution < -0.4 is 0 Å². The zero-order valence-electron chi connectivity index (χ0n) is 18.3. The lowest BCUT2D eigenvalue weighted by Crippen LogP contribution is -2.39. The summed E-state index contributed by atoms with van der Waals surface area (Å²) < 4.78 is 30.3. The van der Waals surface area contributed by atoms with E-state index in [1.165, 1.54) is 0 Å². The highest BCUT2D eigenvalue weighted by Gasteiger charge is 2.46. The molecule has 0 saturated carbocycles. The fraction of sp³-hybridized carbons (Fsp3) is 0.333. The van der Waals surface area contributed by atoms with Crippen LogP contribution in [-0.4, -0.2) is 38.3 Å². The van der Waals surface area contributed by atoms with Crippen LogP contribution >= 0.6 is 0 Å². The van der Waals surface area contributed by atoms with Gasteiger partial charge in [0.05, 0.1) is 26.4 Å². The third-order valence-electron chi connectivity index (χ3n) is 5.46. The third-order valence-corrected chi connectivity index (χ3v) is 5.46.